The third-order valence-corrected chi connectivity index (χ3v) is 4.89. The molecule has 2 atom stereocenters. The van der Waals surface area contributed by atoms with Crippen molar-refractivity contribution in [3.05, 3.63) is 59.7 Å². The van der Waals surface area contributed by atoms with Crippen molar-refractivity contribution in [3.8, 4) is 11.4 Å². The Balaban J connectivity index is 1.56. The molecule has 8 heteroatoms. The Morgan fingerprint density at radius 3 is 2.75 bits per heavy atom. The zero-order valence-electron chi connectivity index (χ0n) is 15.7. The second-order valence-corrected chi connectivity index (χ2v) is 7.13. The van der Waals surface area contributed by atoms with E-state index in [9.17, 15) is 9.90 Å². The average Bonchev–Trinajstić information content (AvgIpc) is 3.28. The van der Waals surface area contributed by atoms with Crippen LogP contribution in [0.25, 0.3) is 11.4 Å². The van der Waals surface area contributed by atoms with Crippen LogP contribution in [0.15, 0.2) is 48.5 Å². The Morgan fingerprint density at radius 1 is 1.18 bits per heavy atom. The number of aliphatic hydroxyl groups excluding tert-OH is 1. The van der Waals surface area contributed by atoms with Gasteiger partial charge in [-0.05, 0) is 47.5 Å². The zero-order valence-corrected chi connectivity index (χ0v) is 15.7. The van der Waals surface area contributed by atoms with E-state index in [1.165, 1.54) is 0 Å². The summed E-state index contributed by atoms with van der Waals surface area (Å²) in [5, 5.41) is 28.0. The summed E-state index contributed by atoms with van der Waals surface area (Å²) >= 11 is 0. The molecule has 0 bridgehead atoms. The third-order valence-electron chi connectivity index (χ3n) is 4.89. The number of nitrogens with one attached hydrogen (secondary N) is 2. The van der Waals surface area contributed by atoms with Crippen LogP contribution in [0.1, 0.15) is 37.1 Å². The molecule has 3 aromatic rings. The summed E-state index contributed by atoms with van der Waals surface area (Å²) < 4.78 is 1.70. The molecule has 0 spiro atoms. The van der Waals surface area contributed by atoms with Gasteiger partial charge in [-0.1, -0.05) is 36.4 Å². The van der Waals surface area contributed by atoms with Crippen LogP contribution in [0, 0.1) is 0 Å². The number of para-hydroxylation sites is 1. The summed E-state index contributed by atoms with van der Waals surface area (Å²) in [5.74, 6) is 0.581. The molecule has 0 unspecified atom stereocenters. The minimum Gasteiger partial charge on any atom is -0.390 e. The number of nitrogens with zero attached hydrogens (tertiary/aromatic N) is 4. The fourth-order valence-corrected chi connectivity index (χ4v) is 3.55. The Morgan fingerprint density at radius 2 is 1.93 bits per heavy atom. The first-order chi connectivity index (χ1) is 13.5. The van der Waals surface area contributed by atoms with Crippen LogP contribution in [-0.4, -0.2) is 37.4 Å². The molecule has 0 saturated carbocycles. The molecule has 0 radical (unpaired) electrons. The number of benzene rings is 2. The standard InChI is InChI=1S/C20H22N6O2/c1-12(2)26-19(23-24-25-26)15-9-5-6-10-16(15)21-20(28)22-18-14-8-4-3-7-13(14)11-17(18)27/h3-10,12,17-18,27H,11H2,1-2H3,(H2,21,22,28)/t17-,18+/m0/s1. The van der Waals surface area contributed by atoms with Crippen LogP contribution in [0.2, 0.25) is 0 Å². The van der Waals surface area contributed by atoms with E-state index in [0.29, 0.717) is 17.9 Å². The summed E-state index contributed by atoms with van der Waals surface area (Å²) in [5.41, 5.74) is 3.32. The second kappa shape index (κ2) is 7.40. The van der Waals surface area contributed by atoms with Gasteiger partial charge in [-0.3, -0.25) is 0 Å². The maximum Gasteiger partial charge on any atom is 0.319 e. The quantitative estimate of drug-likeness (QED) is 0.647. The number of aliphatic hydroxyl groups is 1. The maximum atomic E-state index is 12.7. The van der Waals surface area contributed by atoms with E-state index in [-0.39, 0.29) is 6.04 Å². The number of urea groups is 1. The van der Waals surface area contributed by atoms with Crippen molar-refractivity contribution in [1.29, 1.82) is 0 Å². The Kier molecular flexibility index (Phi) is 4.79. The van der Waals surface area contributed by atoms with E-state index in [4.69, 9.17) is 0 Å². The largest absolute Gasteiger partial charge is 0.390 e. The molecular formula is C20H22N6O2. The van der Waals surface area contributed by atoms with Crippen molar-refractivity contribution >= 4 is 11.7 Å². The lowest BCUT2D eigenvalue weighted by Crippen LogP contribution is -2.36. The van der Waals surface area contributed by atoms with E-state index in [1.54, 1.807) is 10.7 Å². The molecule has 0 aliphatic heterocycles. The molecule has 1 aliphatic carbocycles. The van der Waals surface area contributed by atoms with Crippen LogP contribution in [0.4, 0.5) is 10.5 Å². The molecule has 144 valence electrons. The lowest BCUT2D eigenvalue weighted by molar-refractivity contribution is 0.144. The summed E-state index contributed by atoms with van der Waals surface area (Å²) in [6, 6.07) is 14.4. The maximum absolute atomic E-state index is 12.7. The van der Waals surface area contributed by atoms with Crippen molar-refractivity contribution in [3.63, 3.8) is 0 Å². The minimum atomic E-state index is -0.647. The first-order valence-electron chi connectivity index (χ1n) is 9.25. The second-order valence-electron chi connectivity index (χ2n) is 7.13. The highest BCUT2D eigenvalue weighted by molar-refractivity contribution is 5.94. The summed E-state index contributed by atoms with van der Waals surface area (Å²) in [4.78, 5) is 12.7. The fraction of sp³-hybridized carbons (Fsp3) is 0.300. The van der Waals surface area contributed by atoms with Gasteiger partial charge in [0.05, 0.1) is 23.9 Å². The number of hydrogen-bond donors (Lipinski definition) is 3. The van der Waals surface area contributed by atoms with Crippen LogP contribution in [-0.2, 0) is 6.42 Å². The monoisotopic (exact) mass is 378 g/mol. The third kappa shape index (κ3) is 3.34. The van der Waals surface area contributed by atoms with Crippen molar-refractivity contribution < 1.29 is 9.90 Å². The van der Waals surface area contributed by atoms with Crippen molar-refractivity contribution in [2.24, 2.45) is 0 Å². The van der Waals surface area contributed by atoms with Crippen molar-refractivity contribution in [2.45, 2.75) is 38.5 Å². The van der Waals surface area contributed by atoms with Gasteiger partial charge >= 0.3 is 6.03 Å². The van der Waals surface area contributed by atoms with E-state index < -0.39 is 18.2 Å². The molecule has 2 aromatic carbocycles. The lowest BCUT2D eigenvalue weighted by atomic mass is 10.1. The highest BCUT2D eigenvalue weighted by Gasteiger charge is 2.32. The highest BCUT2D eigenvalue weighted by atomic mass is 16.3. The van der Waals surface area contributed by atoms with E-state index in [1.807, 2.05) is 56.3 Å². The van der Waals surface area contributed by atoms with Crippen LogP contribution < -0.4 is 10.6 Å². The molecular weight excluding hydrogens is 356 g/mol. The van der Waals surface area contributed by atoms with Gasteiger partial charge in [-0.25, -0.2) is 9.48 Å². The Bertz CT molecular complexity index is 1000. The van der Waals surface area contributed by atoms with E-state index in [0.717, 1.165) is 16.7 Å². The normalized spacial score (nSPS) is 18.1. The summed E-state index contributed by atoms with van der Waals surface area (Å²) in [6.07, 6.45) is -0.118. The Hall–Kier alpha value is -3.26. The van der Waals surface area contributed by atoms with Gasteiger partial charge in [0, 0.05) is 12.0 Å². The number of carbonyl (C=O) groups is 1. The molecule has 4 rings (SSSR count). The van der Waals surface area contributed by atoms with Crippen LogP contribution in [0.5, 0.6) is 0 Å². The fourth-order valence-electron chi connectivity index (χ4n) is 3.55. The SMILES string of the molecule is CC(C)n1nnnc1-c1ccccc1NC(=O)N[C@@H]1c2ccccc2C[C@@H]1O. The molecule has 1 aliphatic rings. The number of rotatable bonds is 4. The summed E-state index contributed by atoms with van der Waals surface area (Å²) in [6.45, 7) is 3.98. The number of hydrogen-bond acceptors (Lipinski definition) is 5. The number of fused-ring (bicyclic) bond motifs is 1. The predicted octanol–water partition coefficient (Wildman–Crippen LogP) is 2.70. The smallest absolute Gasteiger partial charge is 0.319 e. The van der Waals surface area contributed by atoms with Gasteiger partial charge in [0.25, 0.3) is 0 Å². The topological polar surface area (TPSA) is 105 Å². The van der Waals surface area contributed by atoms with Crippen molar-refractivity contribution in [1.82, 2.24) is 25.5 Å². The van der Waals surface area contributed by atoms with Crippen LogP contribution in [0.3, 0.4) is 0 Å². The van der Waals surface area contributed by atoms with Gasteiger partial charge in [0.2, 0.25) is 0 Å². The highest BCUT2D eigenvalue weighted by Crippen LogP contribution is 2.32. The Labute approximate surface area is 162 Å². The molecule has 3 N–H and O–H groups in total. The van der Waals surface area contributed by atoms with Gasteiger partial charge < -0.3 is 15.7 Å². The van der Waals surface area contributed by atoms with Gasteiger partial charge in [0.15, 0.2) is 5.82 Å². The molecule has 0 fully saturated rings. The van der Waals surface area contributed by atoms with Gasteiger partial charge in [0.1, 0.15) is 0 Å². The number of amides is 2. The van der Waals surface area contributed by atoms with Crippen LogP contribution >= 0.6 is 0 Å². The zero-order chi connectivity index (χ0) is 19.7. The summed E-state index contributed by atoms with van der Waals surface area (Å²) in [7, 11) is 0. The number of carbonyl (C=O) groups excluding carboxylic acids is 1. The van der Waals surface area contributed by atoms with Crippen molar-refractivity contribution in [2.75, 3.05) is 5.32 Å². The molecule has 1 heterocycles. The van der Waals surface area contributed by atoms with Gasteiger partial charge in [-0.15, -0.1) is 5.10 Å². The first-order valence-corrected chi connectivity index (χ1v) is 9.25. The predicted molar refractivity (Wildman–Crippen MR) is 105 cm³/mol. The minimum absolute atomic E-state index is 0.0806. The molecule has 28 heavy (non-hydrogen) atoms. The molecule has 0 saturated heterocycles. The van der Waals surface area contributed by atoms with E-state index in [2.05, 4.69) is 26.2 Å². The molecule has 8 nitrogen and oxygen atoms in total. The lowest BCUT2D eigenvalue weighted by Gasteiger charge is -2.19. The molecule has 1 aromatic heterocycles. The number of tetrazole rings is 1. The van der Waals surface area contributed by atoms with Gasteiger partial charge in [-0.2, -0.15) is 0 Å². The first kappa shape index (κ1) is 18.1. The van der Waals surface area contributed by atoms with E-state index >= 15 is 0 Å². The number of aromatic nitrogens is 4. The molecule has 2 amide bonds. The average molecular weight is 378 g/mol. The number of anilines is 1.